The van der Waals surface area contributed by atoms with Gasteiger partial charge >= 0.3 is 17.9 Å². The van der Waals surface area contributed by atoms with E-state index in [1.807, 2.05) is 81.4 Å². The van der Waals surface area contributed by atoms with E-state index in [-0.39, 0.29) is 30.1 Å². The molecule has 5 rings (SSSR count). The molecule has 2 aromatic carbocycles. The number of benzene rings is 2. The number of hydrogen-bond donors (Lipinski definition) is 0. The van der Waals surface area contributed by atoms with Crippen molar-refractivity contribution in [3.05, 3.63) is 71.8 Å². The molecule has 0 radical (unpaired) electrons. The molecule has 310 valence electrons. The van der Waals surface area contributed by atoms with Crippen LogP contribution in [0, 0.1) is 0 Å². The summed E-state index contributed by atoms with van der Waals surface area (Å²) in [6, 6.07) is 20.1. The first-order valence-corrected chi connectivity index (χ1v) is 22.7. The standard InChI is InChI=1S/C49H74NO6/c1-48(2,3)55-45(51)32-24-16-14-12-10-8-6-4-5-7-9-11-13-15-17-25-33-46(52)56-49(40-28-20-18-21-29-40,41-30-22-19-23-31-41)47(53)54-44-38-42-34-35-43(39-44)50(42)36-26-27-37-50/h18-23,28-31,42-44H,4-17,24-27,32-39H2,1-3H3/q+1. The maximum Gasteiger partial charge on any atom is 0.360 e. The zero-order valence-corrected chi connectivity index (χ0v) is 35.3. The van der Waals surface area contributed by atoms with Gasteiger partial charge in [0.1, 0.15) is 11.7 Å². The lowest BCUT2D eigenvalue weighted by atomic mass is 9.85. The Hall–Kier alpha value is -3.19. The highest BCUT2D eigenvalue weighted by Crippen LogP contribution is 2.47. The van der Waals surface area contributed by atoms with E-state index in [2.05, 4.69) is 0 Å². The summed E-state index contributed by atoms with van der Waals surface area (Å²) < 4.78 is 19.5. The minimum atomic E-state index is -1.64. The number of quaternary nitrogens is 1. The van der Waals surface area contributed by atoms with Crippen LogP contribution >= 0.6 is 0 Å². The number of rotatable bonds is 24. The third kappa shape index (κ3) is 12.7. The van der Waals surface area contributed by atoms with Gasteiger partial charge in [-0.25, -0.2) is 4.79 Å². The lowest BCUT2D eigenvalue weighted by Gasteiger charge is -2.47. The summed E-state index contributed by atoms with van der Waals surface area (Å²) in [4.78, 5) is 40.0. The van der Waals surface area contributed by atoms with Gasteiger partial charge in [-0.05, 0) is 33.6 Å². The minimum absolute atomic E-state index is 0.0722. The number of nitrogens with zero attached hydrogens (tertiary/aromatic N) is 1. The summed E-state index contributed by atoms with van der Waals surface area (Å²) in [5.41, 5.74) is -0.753. The van der Waals surface area contributed by atoms with E-state index >= 15 is 0 Å². The van der Waals surface area contributed by atoms with Crippen molar-refractivity contribution in [1.82, 2.24) is 0 Å². The van der Waals surface area contributed by atoms with E-state index in [9.17, 15) is 14.4 Å². The van der Waals surface area contributed by atoms with Gasteiger partial charge in [0.25, 0.3) is 5.60 Å². The third-order valence-corrected chi connectivity index (χ3v) is 12.9. The van der Waals surface area contributed by atoms with Gasteiger partial charge in [0.05, 0.1) is 25.2 Å². The van der Waals surface area contributed by atoms with Crippen LogP contribution in [0.25, 0.3) is 0 Å². The average Bonchev–Trinajstić information content (AvgIpc) is 3.72. The highest BCUT2D eigenvalue weighted by Gasteiger charge is 2.57. The van der Waals surface area contributed by atoms with Gasteiger partial charge in [-0.3, -0.25) is 9.59 Å². The van der Waals surface area contributed by atoms with Gasteiger partial charge in [-0.1, -0.05) is 151 Å². The normalized spacial score (nSPS) is 20.2. The molecule has 3 aliphatic rings. The molecular weight excluding hydrogens is 699 g/mol. The first-order chi connectivity index (χ1) is 27.1. The number of esters is 3. The molecular formula is C49H74NO6+. The minimum Gasteiger partial charge on any atom is -0.460 e. The van der Waals surface area contributed by atoms with Gasteiger partial charge in [0.2, 0.25) is 0 Å². The van der Waals surface area contributed by atoms with Crippen molar-refractivity contribution >= 4 is 17.9 Å². The summed E-state index contributed by atoms with van der Waals surface area (Å²) >= 11 is 0. The van der Waals surface area contributed by atoms with Gasteiger partial charge < -0.3 is 18.7 Å². The zero-order chi connectivity index (χ0) is 39.7. The SMILES string of the molecule is CC(C)(C)OC(=O)CCCCCCCCCCCCCCCCCCC(=O)OC(C(=O)OC1CC2CCC(C1)[N+]21CCCC1)(c1ccccc1)c1ccccc1. The van der Waals surface area contributed by atoms with Crippen LogP contribution in [-0.2, 0) is 34.2 Å². The molecule has 7 nitrogen and oxygen atoms in total. The molecule has 0 saturated carbocycles. The van der Waals surface area contributed by atoms with Crippen LogP contribution in [0.2, 0.25) is 0 Å². The quantitative estimate of drug-likeness (QED) is 0.0457. The molecule has 0 N–H and O–H groups in total. The maximum absolute atomic E-state index is 14.6. The molecule has 56 heavy (non-hydrogen) atoms. The lowest BCUT2D eigenvalue weighted by Crippen LogP contribution is -2.60. The van der Waals surface area contributed by atoms with Crippen molar-refractivity contribution in [2.75, 3.05) is 13.1 Å². The topological polar surface area (TPSA) is 78.9 Å². The molecule has 3 saturated heterocycles. The molecule has 2 bridgehead atoms. The molecule has 3 aliphatic heterocycles. The fourth-order valence-electron chi connectivity index (χ4n) is 10.1. The number of carbonyl (C=O) groups is 3. The lowest BCUT2D eigenvalue weighted by molar-refractivity contribution is -0.956. The summed E-state index contributed by atoms with van der Waals surface area (Å²) in [6.45, 7) is 8.31. The van der Waals surface area contributed by atoms with Crippen LogP contribution < -0.4 is 0 Å². The van der Waals surface area contributed by atoms with Gasteiger partial charge in [-0.2, -0.15) is 0 Å². The molecule has 0 aliphatic carbocycles. The summed E-state index contributed by atoms with van der Waals surface area (Å²) in [5.74, 6) is -0.888. The summed E-state index contributed by atoms with van der Waals surface area (Å²) in [6.07, 6.45) is 26.5. The van der Waals surface area contributed by atoms with E-state index < -0.39 is 11.6 Å². The van der Waals surface area contributed by atoms with Crippen LogP contribution in [-0.4, -0.2) is 59.3 Å². The van der Waals surface area contributed by atoms with Crippen molar-refractivity contribution < 1.29 is 33.1 Å². The average molecular weight is 773 g/mol. The fraction of sp³-hybridized carbons (Fsp3) is 0.694. The van der Waals surface area contributed by atoms with Crippen LogP contribution in [0.5, 0.6) is 0 Å². The Labute approximate surface area is 339 Å². The number of ether oxygens (including phenoxy) is 3. The second-order valence-electron chi connectivity index (χ2n) is 18.3. The van der Waals surface area contributed by atoms with E-state index in [1.54, 1.807) is 0 Å². The maximum atomic E-state index is 14.6. The van der Waals surface area contributed by atoms with E-state index in [0.29, 0.717) is 29.6 Å². The molecule has 3 heterocycles. The third-order valence-electron chi connectivity index (χ3n) is 12.9. The van der Waals surface area contributed by atoms with E-state index in [0.717, 1.165) is 44.9 Å². The Morgan fingerprint density at radius 1 is 0.554 bits per heavy atom. The molecule has 1 spiro atoms. The predicted molar refractivity (Wildman–Crippen MR) is 224 cm³/mol. The zero-order valence-electron chi connectivity index (χ0n) is 35.3. The Morgan fingerprint density at radius 3 is 1.32 bits per heavy atom. The van der Waals surface area contributed by atoms with Crippen LogP contribution in [0.1, 0.15) is 186 Å². The Kier molecular flexibility index (Phi) is 17.3. The van der Waals surface area contributed by atoms with Crippen molar-refractivity contribution in [2.45, 2.75) is 204 Å². The van der Waals surface area contributed by atoms with Crippen molar-refractivity contribution in [1.29, 1.82) is 0 Å². The molecule has 2 unspecified atom stereocenters. The van der Waals surface area contributed by atoms with Crippen LogP contribution in [0.3, 0.4) is 0 Å². The highest BCUT2D eigenvalue weighted by molar-refractivity contribution is 5.89. The monoisotopic (exact) mass is 773 g/mol. The second-order valence-corrected chi connectivity index (χ2v) is 18.3. The highest BCUT2D eigenvalue weighted by atomic mass is 16.6. The first kappa shape index (κ1) is 43.9. The van der Waals surface area contributed by atoms with Gasteiger partial charge in [-0.15, -0.1) is 0 Å². The number of unbranched alkanes of at least 4 members (excludes halogenated alkanes) is 15. The van der Waals surface area contributed by atoms with Crippen molar-refractivity contribution in [2.24, 2.45) is 0 Å². The largest absolute Gasteiger partial charge is 0.460 e. The number of piperidine rings is 1. The Balaban J connectivity index is 0.976. The summed E-state index contributed by atoms with van der Waals surface area (Å²) in [7, 11) is 0. The predicted octanol–water partition coefficient (Wildman–Crippen LogP) is 11.7. The molecule has 7 heteroatoms. The molecule has 3 fully saturated rings. The first-order valence-electron chi connectivity index (χ1n) is 22.7. The van der Waals surface area contributed by atoms with Crippen molar-refractivity contribution in [3.63, 3.8) is 0 Å². The Bertz CT molecular complexity index is 1410. The van der Waals surface area contributed by atoms with Gasteiger partial charge in [0, 0.05) is 62.5 Å². The number of carbonyl (C=O) groups excluding carboxylic acids is 3. The molecule has 0 aromatic heterocycles. The van der Waals surface area contributed by atoms with Crippen molar-refractivity contribution in [3.8, 4) is 0 Å². The Morgan fingerprint density at radius 2 is 0.929 bits per heavy atom. The number of hydrogen-bond acceptors (Lipinski definition) is 6. The second kappa shape index (κ2) is 22.1. The smallest absolute Gasteiger partial charge is 0.360 e. The van der Waals surface area contributed by atoms with E-state index in [1.165, 1.54) is 114 Å². The van der Waals surface area contributed by atoms with Gasteiger partial charge in [0.15, 0.2) is 0 Å². The van der Waals surface area contributed by atoms with E-state index in [4.69, 9.17) is 14.2 Å². The molecule has 0 amide bonds. The van der Waals surface area contributed by atoms with Crippen LogP contribution in [0.15, 0.2) is 60.7 Å². The molecule has 2 aromatic rings. The fourth-order valence-corrected chi connectivity index (χ4v) is 10.1. The van der Waals surface area contributed by atoms with Crippen LogP contribution in [0.4, 0.5) is 0 Å². The summed E-state index contributed by atoms with van der Waals surface area (Å²) in [5, 5.41) is 0. The molecule has 2 atom stereocenters.